The molecule has 6 nitrogen and oxygen atoms in total. The lowest BCUT2D eigenvalue weighted by molar-refractivity contribution is 0.581. The third-order valence-electron chi connectivity index (χ3n) is 3.32. The normalized spacial score (nSPS) is 15.7. The lowest BCUT2D eigenvalue weighted by Gasteiger charge is -2.14. The predicted molar refractivity (Wildman–Crippen MR) is 92.9 cm³/mol. The van der Waals surface area contributed by atoms with E-state index in [-0.39, 0.29) is 6.04 Å². The molecule has 0 bridgehead atoms. The second-order valence-electron chi connectivity index (χ2n) is 6.03. The number of rotatable bonds is 7. The fourth-order valence-electron chi connectivity index (χ4n) is 2.03. The highest BCUT2D eigenvalue weighted by Gasteiger charge is 2.27. The van der Waals surface area contributed by atoms with Crippen LogP contribution in [0.15, 0.2) is 34.2 Å². The Morgan fingerprint density at radius 3 is 2.43 bits per heavy atom. The molecule has 7 heteroatoms. The fourth-order valence-corrected chi connectivity index (χ4v) is 3.33. The predicted octanol–water partition coefficient (Wildman–Crippen LogP) is 1.59. The number of aliphatic imine (C=N–C) groups is 1. The van der Waals surface area contributed by atoms with Crippen molar-refractivity contribution in [2.75, 3.05) is 6.54 Å². The molecule has 1 aromatic carbocycles. The molecule has 2 rings (SSSR count). The van der Waals surface area contributed by atoms with Gasteiger partial charge in [-0.25, -0.2) is 18.1 Å². The molecule has 0 atom stereocenters. The average molecular weight is 338 g/mol. The molecular formula is C16H26N4O2S. The van der Waals surface area contributed by atoms with Gasteiger partial charge in [-0.2, -0.15) is 0 Å². The Morgan fingerprint density at radius 1 is 1.26 bits per heavy atom. The minimum absolute atomic E-state index is 0.120. The summed E-state index contributed by atoms with van der Waals surface area (Å²) < 4.78 is 26.9. The zero-order chi connectivity index (χ0) is 16.9. The van der Waals surface area contributed by atoms with E-state index in [1.54, 1.807) is 12.1 Å². The summed E-state index contributed by atoms with van der Waals surface area (Å²) in [4.78, 5) is 4.81. The second-order valence-corrected chi connectivity index (χ2v) is 7.75. The summed E-state index contributed by atoms with van der Waals surface area (Å²) in [5.41, 5.74) is 0.969. The Bertz CT molecular complexity index is 635. The third kappa shape index (κ3) is 5.84. The van der Waals surface area contributed by atoms with Crippen LogP contribution in [0.5, 0.6) is 0 Å². The first-order valence-corrected chi connectivity index (χ1v) is 9.55. The summed E-state index contributed by atoms with van der Waals surface area (Å²) in [6.07, 6.45) is 1.87. The molecule has 128 valence electrons. The second kappa shape index (κ2) is 7.79. The molecule has 0 radical (unpaired) electrons. The number of sulfonamides is 1. The zero-order valence-corrected chi connectivity index (χ0v) is 14.8. The molecule has 1 fully saturated rings. The molecule has 3 N–H and O–H groups in total. The van der Waals surface area contributed by atoms with Gasteiger partial charge in [0.25, 0.3) is 0 Å². The quantitative estimate of drug-likeness (QED) is 0.521. The van der Waals surface area contributed by atoms with E-state index in [0.717, 1.165) is 30.9 Å². The van der Waals surface area contributed by atoms with Gasteiger partial charge in [-0.05, 0) is 51.3 Å². The lowest BCUT2D eigenvalue weighted by Crippen LogP contribution is -2.40. The highest BCUT2D eigenvalue weighted by Crippen LogP contribution is 2.22. The molecule has 0 spiro atoms. The first-order chi connectivity index (χ1) is 10.9. The maximum atomic E-state index is 12.1. The van der Waals surface area contributed by atoms with E-state index in [4.69, 9.17) is 0 Å². The molecule has 0 aliphatic heterocycles. The van der Waals surface area contributed by atoms with E-state index >= 15 is 0 Å². The van der Waals surface area contributed by atoms with Gasteiger partial charge >= 0.3 is 0 Å². The smallest absolute Gasteiger partial charge is 0.240 e. The molecule has 1 aliphatic rings. The first kappa shape index (κ1) is 17.7. The Morgan fingerprint density at radius 2 is 1.91 bits per heavy atom. The van der Waals surface area contributed by atoms with E-state index in [1.807, 2.05) is 19.1 Å². The molecule has 0 aromatic heterocycles. The van der Waals surface area contributed by atoms with E-state index in [2.05, 4.69) is 34.2 Å². The van der Waals surface area contributed by atoms with Gasteiger partial charge < -0.3 is 10.6 Å². The number of guanidine groups is 1. The van der Waals surface area contributed by atoms with Crippen LogP contribution in [0.2, 0.25) is 0 Å². The minimum atomic E-state index is -3.38. The van der Waals surface area contributed by atoms with Crippen molar-refractivity contribution in [3.8, 4) is 0 Å². The van der Waals surface area contributed by atoms with Crippen LogP contribution in [0, 0.1) is 0 Å². The number of nitrogens with one attached hydrogen (secondary N) is 3. The molecule has 0 heterocycles. The molecular weight excluding hydrogens is 312 g/mol. The highest BCUT2D eigenvalue weighted by atomic mass is 32.2. The average Bonchev–Trinajstić information content (AvgIpc) is 3.28. The van der Waals surface area contributed by atoms with Gasteiger partial charge in [-0.1, -0.05) is 12.1 Å². The highest BCUT2D eigenvalue weighted by molar-refractivity contribution is 7.89. The summed E-state index contributed by atoms with van der Waals surface area (Å²) in [7, 11) is -3.38. The van der Waals surface area contributed by atoms with Crippen LogP contribution in [0.25, 0.3) is 0 Å². The largest absolute Gasteiger partial charge is 0.357 e. The van der Waals surface area contributed by atoms with Crippen LogP contribution in [-0.4, -0.2) is 33.0 Å². The van der Waals surface area contributed by atoms with Crippen molar-refractivity contribution in [3.05, 3.63) is 29.8 Å². The molecule has 1 aliphatic carbocycles. The van der Waals surface area contributed by atoms with Gasteiger partial charge in [-0.15, -0.1) is 0 Å². The molecule has 1 aromatic rings. The van der Waals surface area contributed by atoms with Crippen LogP contribution >= 0.6 is 0 Å². The van der Waals surface area contributed by atoms with Crippen molar-refractivity contribution >= 4 is 16.0 Å². The van der Waals surface area contributed by atoms with Crippen molar-refractivity contribution in [1.82, 2.24) is 15.4 Å². The van der Waals surface area contributed by atoms with Crippen LogP contribution in [0.1, 0.15) is 39.2 Å². The summed E-state index contributed by atoms with van der Waals surface area (Å²) in [6.45, 7) is 7.42. The Balaban J connectivity index is 2.01. The van der Waals surface area contributed by atoms with Gasteiger partial charge in [0.05, 0.1) is 11.4 Å². The van der Waals surface area contributed by atoms with Crippen LogP contribution in [0.3, 0.4) is 0 Å². The summed E-state index contributed by atoms with van der Waals surface area (Å²) >= 11 is 0. The number of hydrogen-bond acceptors (Lipinski definition) is 3. The first-order valence-electron chi connectivity index (χ1n) is 8.07. The Hall–Kier alpha value is -1.60. The van der Waals surface area contributed by atoms with Gasteiger partial charge in [0, 0.05) is 18.6 Å². The van der Waals surface area contributed by atoms with E-state index in [0.29, 0.717) is 17.5 Å². The molecule has 0 unspecified atom stereocenters. The maximum absolute atomic E-state index is 12.1. The monoisotopic (exact) mass is 338 g/mol. The van der Waals surface area contributed by atoms with Gasteiger partial charge in [-0.3, -0.25) is 0 Å². The van der Waals surface area contributed by atoms with Crippen LogP contribution in [-0.2, 0) is 16.6 Å². The third-order valence-corrected chi connectivity index (χ3v) is 4.86. The molecule has 0 saturated heterocycles. The topological polar surface area (TPSA) is 82.6 Å². The van der Waals surface area contributed by atoms with Crippen LogP contribution < -0.4 is 15.4 Å². The van der Waals surface area contributed by atoms with Gasteiger partial charge in [0.1, 0.15) is 0 Å². The van der Waals surface area contributed by atoms with Crippen LogP contribution in [0.4, 0.5) is 0 Å². The van der Waals surface area contributed by atoms with Crippen molar-refractivity contribution in [2.45, 2.75) is 57.1 Å². The number of benzene rings is 1. The Labute approximate surface area is 138 Å². The molecule has 23 heavy (non-hydrogen) atoms. The van der Waals surface area contributed by atoms with E-state index in [9.17, 15) is 8.42 Å². The van der Waals surface area contributed by atoms with Crippen molar-refractivity contribution in [3.63, 3.8) is 0 Å². The maximum Gasteiger partial charge on any atom is 0.240 e. The molecule has 0 amide bonds. The van der Waals surface area contributed by atoms with Crippen molar-refractivity contribution in [1.29, 1.82) is 0 Å². The van der Waals surface area contributed by atoms with Crippen molar-refractivity contribution in [2.24, 2.45) is 4.99 Å². The summed E-state index contributed by atoms with van der Waals surface area (Å²) in [5, 5.41) is 6.43. The fraction of sp³-hybridized carbons (Fsp3) is 0.562. The van der Waals surface area contributed by atoms with E-state index < -0.39 is 10.0 Å². The summed E-state index contributed by atoms with van der Waals surface area (Å²) in [5.74, 6) is 0.759. The van der Waals surface area contributed by atoms with E-state index in [1.165, 1.54) is 0 Å². The van der Waals surface area contributed by atoms with Crippen molar-refractivity contribution < 1.29 is 8.42 Å². The zero-order valence-electron chi connectivity index (χ0n) is 14.0. The number of nitrogens with zero attached hydrogens (tertiary/aromatic N) is 1. The molecule has 1 saturated carbocycles. The Kier molecular flexibility index (Phi) is 6.01. The summed E-state index contributed by atoms with van der Waals surface area (Å²) in [6, 6.07) is 7.31. The number of hydrogen-bond donors (Lipinski definition) is 3. The minimum Gasteiger partial charge on any atom is -0.357 e. The SMILES string of the molecule is CCNC(=NCc1ccc(S(=O)(=O)NC2CC2)cc1)NC(C)C. The standard InChI is InChI=1S/C16H26N4O2S/c1-4-17-16(19-12(2)3)18-11-13-5-9-15(10-6-13)23(21,22)20-14-7-8-14/h5-6,9-10,12,14,20H,4,7-8,11H2,1-3H3,(H2,17,18,19). The van der Waals surface area contributed by atoms with Gasteiger partial charge in [0.2, 0.25) is 10.0 Å². The lowest BCUT2D eigenvalue weighted by atomic mass is 10.2. The van der Waals surface area contributed by atoms with Gasteiger partial charge in [0.15, 0.2) is 5.96 Å².